The highest BCUT2D eigenvalue weighted by Gasteiger charge is 2.24. The summed E-state index contributed by atoms with van der Waals surface area (Å²) in [7, 11) is 0. The fourth-order valence-electron chi connectivity index (χ4n) is 4.19. The lowest BCUT2D eigenvalue weighted by Gasteiger charge is -2.14. The summed E-state index contributed by atoms with van der Waals surface area (Å²) >= 11 is 0. The Bertz CT molecular complexity index is 1510. The average Bonchev–Trinajstić information content (AvgIpc) is 3.16. The van der Waals surface area contributed by atoms with Crippen molar-refractivity contribution < 1.29 is 27.8 Å². The summed E-state index contributed by atoms with van der Waals surface area (Å²) in [6.07, 6.45) is -0.947. The highest BCUT2D eigenvalue weighted by atomic mass is 19.3. The predicted octanol–water partition coefficient (Wildman–Crippen LogP) is 4.68. The van der Waals surface area contributed by atoms with E-state index < -0.39 is 18.7 Å². The van der Waals surface area contributed by atoms with Crippen molar-refractivity contribution >= 4 is 22.7 Å². The molecular formula is C27H25F2N3O5. The van der Waals surface area contributed by atoms with E-state index in [0.717, 1.165) is 5.69 Å². The molecule has 10 heteroatoms. The third-order valence-corrected chi connectivity index (χ3v) is 5.92. The minimum Gasteiger partial charge on any atom is -0.454 e. The second-order valence-electron chi connectivity index (χ2n) is 8.52. The maximum atomic E-state index is 13.1. The van der Waals surface area contributed by atoms with Crippen molar-refractivity contribution in [2.24, 2.45) is 0 Å². The van der Waals surface area contributed by atoms with Crippen molar-refractivity contribution in [1.29, 1.82) is 0 Å². The van der Waals surface area contributed by atoms with Crippen LogP contribution in [0.1, 0.15) is 40.9 Å². The number of esters is 1. The Morgan fingerprint density at radius 3 is 2.49 bits per heavy atom. The van der Waals surface area contributed by atoms with Crippen LogP contribution in [0.4, 0.5) is 8.78 Å². The molecule has 0 spiro atoms. The first-order chi connectivity index (χ1) is 17.6. The van der Waals surface area contributed by atoms with Crippen molar-refractivity contribution in [2.75, 3.05) is 0 Å². The van der Waals surface area contributed by atoms with Crippen LogP contribution in [0.15, 0.2) is 59.4 Å². The number of aromatic nitrogens is 3. The number of H-pyrrole nitrogens is 1. The molecule has 0 fully saturated rings. The molecule has 1 atom stereocenters. The number of carbonyl (C=O) groups is 2. The predicted molar refractivity (Wildman–Crippen MR) is 132 cm³/mol. The van der Waals surface area contributed by atoms with E-state index in [-0.39, 0.29) is 29.9 Å². The van der Waals surface area contributed by atoms with Gasteiger partial charge in [0.25, 0.3) is 5.56 Å². The third-order valence-electron chi connectivity index (χ3n) is 5.92. The van der Waals surface area contributed by atoms with Crippen molar-refractivity contribution in [3.63, 3.8) is 0 Å². The number of hydrogen-bond donors (Lipinski definition) is 1. The summed E-state index contributed by atoms with van der Waals surface area (Å²) in [5.74, 6) is -0.586. The van der Waals surface area contributed by atoms with Gasteiger partial charge >= 0.3 is 12.6 Å². The molecule has 0 aliphatic heterocycles. The number of nitrogens with zero attached hydrogens (tertiary/aromatic N) is 2. The summed E-state index contributed by atoms with van der Waals surface area (Å²) < 4.78 is 36.4. The molecule has 1 N–H and O–H groups in total. The molecule has 0 saturated carbocycles. The van der Waals surface area contributed by atoms with Gasteiger partial charge in [-0.3, -0.25) is 14.4 Å². The fraction of sp³-hybridized carbons (Fsp3) is 0.259. The molecule has 0 saturated heterocycles. The van der Waals surface area contributed by atoms with E-state index >= 15 is 0 Å². The van der Waals surface area contributed by atoms with Gasteiger partial charge in [0.05, 0.1) is 17.3 Å². The summed E-state index contributed by atoms with van der Waals surface area (Å²) in [6, 6.07) is 14.7. The van der Waals surface area contributed by atoms with Gasteiger partial charge in [-0.1, -0.05) is 12.1 Å². The van der Waals surface area contributed by atoms with E-state index in [1.807, 2.05) is 0 Å². The first kappa shape index (κ1) is 25.7. The zero-order chi connectivity index (χ0) is 26.7. The minimum absolute atomic E-state index is 0.0287. The fourth-order valence-corrected chi connectivity index (χ4v) is 4.19. The van der Waals surface area contributed by atoms with Gasteiger partial charge in [0, 0.05) is 29.1 Å². The number of para-hydroxylation sites is 1. The number of carbonyl (C=O) groups excluding carboxylic acids is 2. The molecule has 0 unspecified atom stereocenters. The number of ketones is 1. The number of aryl methyl sites for hydroxylation is 2. The zero-order valence-electron chi connectivity index (χ0n) is 20.5. The molecule has 2 aromatic heterocycles. The van der Waals surface area contributed by atoms with Crippen molar-refractivity contribution in [3.8, 4) is 11.4 Å². The molecular weight excluding hydrogens is 484 g/mol. The third kappa shape index (κ3) is 5.74. The van der Waals surface area contributed by atoms with Crippen LogP contribution >= 0.6 is 0 Å². The maximum absolute atomic E-state index is 13.1. The van der Waals surface area contributed by atoms with Gasteiger partial charge in [-0.15, -0.1) is 0 Å². The minimum atomic E-state index is -2.92. The summed E-state index contributed by atoms with van der Waals surface area (Å²) in [5.41, 5.74) is 2.65. The summed E-state index contributed by atoms with van der Waals surface area (Å²) in [5, 5.41) is 0.461. The Kier molecular flexibility index (Phi) is 7.47. The molecule has 4 aromatic rings. The second kappa shape index (κ2) is 10.7. The van der Waals surface area contributed by atoms with Gasteiger partial charge in [0.1, 0.15) is 11.6 Å². The van der Waals surface area contributed by atoms with E-state index in [2.05, 4.69) is 14.7 Å². The number of fused-ring (bicyclic) bond motifs is 1. The molecule has 0 radical (unpaired) electrons. The van der Waals surface area contributed by atoms with Crippen LogP contribution in [-0.4, -0.2) is 39.0 Å². The molecule has 0 amide bonds. The van der Waals surface area contributed by atoms with Crippen LogP contribution in [0.2, 0.25) is 0 Å². The van der Waals surface area contributed by atoms with Crippen LogP contribution in [0, 0.1) is 13.8 Å². The lowest BCUT2D eigenvalue weighted by molar-refractivity contribution is -0.146. The lowest BCUT2D eigenvalue weighted by atomic mass is 10.1. The van der Waals surface area contributed by atoms with Crippen LogP contribution in [-0.2, 0) is 16.0 Å². The molecule has 4 rings (SSSR count). The highest BCUT2D eigenvalue weighted by molar-refractivity contribution is 6.01. The van der Waals surface area contributed by atoms with E-state index in [1.165, 1.54) is 19.1 Å². The molecule has 8 nitrogen and oxygen atoms in total. The topological polar surface area (TPSA) is 103 Å². The van der Waals surface area contributed by atoms with Crippen molar-refractivity contribution in [2.45, 2.75) is 46.3 Å². The Morgan fingerprint density at radius 2 is 1.78 bits per heavy atom. The molecule has 0 bridgehead atoms. The van der Waals surface area contributed by atoms with Gasteiger partial charge in [0.2, 0.25) is 5.78 Å². The Morgan fingerprint density at radius 1 is 1.08 bits per heavy atom. The normalized spacial score (nSPS) is 12.1. The quantitative estimate of drug-likeness (QED) is 0.260. The number of Topliss-reactive ketones (excluding diaryl/α,β-unsaturated/α-hetero) is 1. The van der Waals surface area contributed by atoms with E-state index in [4.69, 9.17) is 4.74 Å². The average molecular weight is 510 g/mol. The van der Waals surface area contributed by atoms with Crippen LogP contribution in [0.3, 0.4) is 0 Å². The van der Waals surface area contributed by atoms with E-state index in [0.29, 0.717) is 33.7 Å². The van der Waals surface area contributed by atoms with E-state index in [9.17, 15) is 23.2 Å². The molecule has 37 heavy (non-hydrogen) atoms. The van der Waals surface area contributed by atoms with Gasteiger partial charge in [-0.2, -0.15) is 8.78 Å². The molecule has 0 aliphatic carbocycles. The molecule has 2 aromatic carbocycles. The van der Waals surface area contributed by atoms with Gasteiger partial charge in [-0.05, 0) is 63.2 Å². The Labute approximate surface area is 210 Å². The largest absolute Gasteiger partial charge is 0.454 e. The number of ether oxygens (including phenoxy) is 2. The number of rotatable bonds is 9. The summed E-state index contributed by atoms with van der Waals surface area (Å²) in [4.78, 5) is 44.7. The first-order valence-corrected chi connectivity index (χ1v) is 11.6. The second-order valence-corrected chi connectivity index (χ2v) is 8.52. The van der Waals surface area contributed by atoms with Crippen LogP contribution in [0.25, 0.3) is 16.6 Å². The number of halogens is 2. The summed E-state index contributed by atoms with van der Waals surface area (Å²) in [6.45, 7) is 2.14. The van der Waals surface area contributed by atoms with Crippen LogP contribution < -0.4 is 10.3 Å². The molecule has 2 heterocycles. The van der Waals surface area contributed by atoms with Crippen LogP contribution in [0.5, 0.6) is 5.75 Å². The molecule has 0 aliphatic rings. The number of nitrogens with one attached hydrogen (secondary N) is 1. The Hall–Kier alpha value is -4.34. The van der Waals surface area contributed by atoms with Crippen molar-refractivity contribution in [3.05, 3.63) is 87.7 Å². The monoisotopic (exact) mass is 509 g/mol. The van der Waals surface area contributed by atoms with E-state index in [1.54, 1.807) is 60.9 Å². The lowest BCUT2D eigenvalue weighted by Crippen LogP contribution is -2.25. The zero-order valence-corrected chi connectivity index (χ0v) is 20.5. The number of benzene rings is 2. The molecule has 192 valence electrons. The van der Waals surface area contributed by atoms with Gasteiger partial charge in [0.15, 0.2) is 6.10 Å². The standard InChI is InChI=1S/C27H25F2N3O5/c1-15-14-21(16(2)32(15)18-8-10-19(11-9-18)37-27(28)29)25(34)17(3)36-24(33)13-12-23-30-22-7-5-4-6-20(22)26(35)31-23/h4-11,14,17,27H,12-13H2,1-3H3,(H,30,31,35)/t17-/m0/s1. The highest BCUT2D eigenvalue weighted by Crippen LogP contribution is 2.25. The van der Waals surface area contributed by atoms with Crippen molar-refractivity contribution in [1.82, 2.24) is 14.5 Å². The number of aromatic amines is 1. The first-order valence-electron chi connectivity index (χ1n) is 11.6. The Balaban J connectivity index is 1.42. The van der Waals surface area contributed by atoms with Gasteiger partial charge in [-0.25, -0.2) is 4.98 Å². The number of hydrogen-bond acceptors (Lipinski definition) is 6. The smallest absolute Gasteiger partial charge is 0.387 e. The van der Waals surface area contributed by atoms with Gasteiger partial charge < -0.3 is 19.0 Å². The number of alkyl halides is 2. The SMILES string of the molecule is Cc1cc(C(=O)[C@H](C)OC(=O)CCc2nc3ccccc3c(=O)[nH]2)c(C)n1-c1ccc(OC(F)F)cc1. The maximum Gasteiger partial charge on any atom is 0.387 e.